The lowest BCUT2D eigenvalue weighted by Crippen LogP contribution is -2.17. The third-order valence-corrected chi connectivity index (χ3v) is 4.82. The van der Waals surface area contributed by atoms with Crippen LogP contribution in [0.1, 0.15) is 36.3 Å². The summed E-state index contributed by atoms with van der Waals surface area (Å²) >= 11 is 0. The molecule has 138 valence electrons. The standard InChI is InChI=1S/C22H22N2O3/c1-14(2)27-22(26)19-11-10-18-20-16(9-6-12-24(18)19)13-17(21(25)23-20)15-7-4-3-5-8-15/h3-5,7-8,10-11,13-14H,6,9,12H2,1-2H3,(H,23,25). The number of carbonyl (C=O) groups excluding carboxylic acids is 1. The molecule has 5 nitrogen and oxygen atoms in total. The van der Waals surface area contributed by atoms with E-state index in [1.54, 1.807) is 6.07 Å². The maximum Gasteiger partial charge on any atom is 0.355 e. The molecule has 1 aliphatic rings. The van der Waals surface area contributed by atoms with Gasteiger partial charge >= 0.3 is 5.97 Å². The molecule has 0 aliphatic carbocycles. The van der Waals surface area contributed by atoms with Crippen LogP contribution in [0, 0.1) is 0 Å². The molecule has 5 heteroatoms. The number of pyridine rings is 1. The number of carbonyl (C=O) groups is 1. The Morgan fingerprint density at radius 1 is 1.15 bits per heavy atom. The van der Waals surface area contributed by atoms with Gasteiger partial charge in [-0.1, -0.05) is 30.3 Å². The van der Waals surface area contributed by atoms with Gasteiger partial charge in [0.05, 0.1) is 17.5 Å². The summed E-state index contributed by atoms with van der Waals surface area (Å²) in [6, 6.07) is 15.3. The van der Waals surface area contributed by atoms with Crippen LogP contribution < -0.4 is 5.56 Å². The quantitative estimate of drug-likeness (QED) is 0.716. The summed E-state index contributed by atoms with van der Waals surface area (Å²) < 4.78 is 7.31. The molecular weight excluding hydrogens is 340 g/mol. The van der Waals surface area contributed by atoms with Crippen LogP contribution in [-0.4, -0.2) is 21.6 Å². The second-order valence-corrected chi connectivity index (χ2v) is 7.09. The zero-order chi connectivity index (χ0) is 19.0. The number of ether oxygens (including phenoxy) is 1. The second-order valence-electron chi connectivity index (χ2n) is 7.09. The van der Waals surface area contributed by atoms with E-state index in [0.717, 1.165) is 35.4 Å². The molecule has 1 N–H and O–H groups in total. The number of aromatic nitrogens is 2. The molecular formula is C22H22N2O3. The third-order valence-electron chi connectivity index (χ3n) is 4.82. The molecule has 0 bridgehead atoms. The van der Waals surface area contributed by atoms with E-state index in [1.807, 2.05) is 60.9 Å². The molecule has 2 aromatic heterocycles. The minimum absolute atomic E-state index is 0.124. The average molecular weight is 362 g/mol. The molecule has 0 atom stereocenters. The zero-order valence-corrected chi connectivity index (χ0v) is 15.5. The van der Waals surface area contributed by atoms with Crippen molar-refractivity contribution in [3.63, 3.8) is 0 Å². The number of hydrogen-bond acceptors (Lipinski definition) is 3. The lowest BCUT2D eigenvalue weighted by molar-refractivity contribution is 0.0365. The topological polar surface area (TPSA) is 64.1 Å². The van der Waals surface area contributed by atoms with Gasteiger partial charge in [-0.3, -0.25) is 4.79 Å². The molecule has 1 aliphatic heterocycles. The van der Waals surface area contributed by atoms with E-state index >= 15 is 0 Å². The van der Waals surface area contributed by atoms with Crippen molar-refractivity contribution in [2.75, 3.05) is 0 Å². The van der Waals surface area contributed by atoms with E-state index in [4.69, 9.17) is 4.74 Å². The molecule has 0 amide bonds. The monoisotopic (exact) mass is 362 g/mol. The zero-order valence-electron chi connectivity index (χ0n) is 15.5. The summed E-state index contributed by atoms with van der Waals surface area (Å²) in [6.45, 7) is 4.38. The number of nitrogens with one attached hydrogen (secondary N) is 1. The maximum absolute atomic E-state index is 12.7. The van der Waals surface area contributed by atoms with Crippen LogP contribution in [0.3, 0.4) is 0 Å². The molecule has 27 heavy (non-hydrogen) atoms. The first-order valence-corrected chi connectivity index (χ1v) is 9.27. The van der Waals surface area contributed by atoms with Crippen molar-refractivity contribution < 1.29 is 9.53 Å². The Hall–Kier alpha value is -3.08. The predicted octanol–water partition coefficient (Wildman–Crippen LogP) is 4.02. The van der Waals surface area contributed by atoms with Crippen LogP contribution in [0.2, 0.25) is 0 Å². The van der Waals surface area contributed by atoms with Crippen molar-refractivity contribution >= 4 is 5.97 Å². The summed E-state index contributed by atoms with van der Waals surface area (Å²) in [6.07, 6.45) is 1.55. The largest absolute Gasteiger partial charge is 0.458 e. The minimum atomic E-state index is -0.331. The van der Waals surface area contributed by atoms with Crippen LogP contribution >= 0.6 is 0 Å². The summed E-state index contributed by atoms with van der Waals surface area (Å²) in [5.74, 6) is -0.331. The van der Waals surface area contributed by atoms with Crippen LogP contribution in [0.25, 0.3) is 22.5 Å². The van der Waals surface area contributed by atoms with Gasteiger partial charge in [-0.05, 0) is 56.0 Å². The van der Waals surface area contributed by atoms with E-state index < -0.39 is 0 Å². The van der Waals surface area contributed by atoms with Gasteiger partial charge in [0.2, 0.25) is 0 Å². The number of H-pyrrole nitrogens is 1. The van der Waals surface area contributed by atoms with Gasteiger partial charge in [0.25, 0.3) is 5.56 Å². The molecule has 3 heterocycles. The summed E-state index contributed by atoms with van der Waals surface area (Å²) in [5.41, 5.74) is 4.72. The summed E-state index contributed by atoms with van der Waals surface area (Å²) in [5, 5.41) is 0. The van der Waals surface area contributed by atoms with Crippen LogP contribution in [0.4, 0.5) is 0 Å². The number of benzene rings is 1. The smallest absolute Gasteiger partial charge is 0.355 e. The molecule has 0 saturated carbocycles. The third kappa shape index (κ3) is 3.21. The fraction of sp³-hybridized carbons (Fsp3) is 0.273. The SMILES string of the molecule is CC(C)OC(=O)c1ccc2n1CCCc1cc(-c3ccccc3)c(=O)[nH]c1-2. The first kappa shape index (κ1) is 17.3. The predicted molar refractivity (Wildman–Crippen MR) is 105 cm³/mol. The maximum atomic E-state index is 12.7. The Morgan fingerprint density at radius 2 is 1.93 bits per heavy atom. The lowest BCUT2D eigenvalue weighted by Gasteiger charge is -2.13. The van der Waals surface area contributed by atoms with E-state index in [2.05, 4.69) is 4.98 Å². The number of rotatable bonds is 3. The highest BCUT2D eigenvalue weighted by Crippen LogP contribution is 2.30. The van der Waals surface area contributed by atoms with Crippen molar-refractivity contribution in [2.24, 2.45) is 0 Å². The molecule has 0 radical (unpaired) electrons. The summed E-state index contributed by atoms with van der Waals surface area (Å²) in [4.78, 5) is 28.2. The lowest BCUT2D eigenvalue weighted by atomic mass is 10.0. The second kappa shape index (κ2) is 6.91. The molecule has 4 rings (SSSR count). The van der Waals surface area contributed by atoms with Crippen molar-refractivity contribution in [1.82, 2.24) is 9.55 Å². The van der Waals surface area contributed by atoms with E-state index in [-0.39, 0.29) is 17.6 Å². The van der Waals surface area contributed by atoms with Gasteiger partial charge in [0.15, 0.2) is 0 Å². The highest BCUT2D eigenvalue weighted by Gasteiger charge is 2.23. The van der Waals surface area contributed by atoms with Gasteiger partial charge in [0, 0.05) is 12.1 Å². The Balaban J connectivity index is 1.81. The van der Waals surface area contributed by atoms with E-state index in [1.165, 1.54) is 0 Å². The van der Waals surface area contributed by atoms with Crippen molar-refractivity contribution in [2.45, 2.75) is 39.3 Å². The normalized spacial score (nSPS) is 13.0. The molecule has 3 aromatic rings. The number of hydrogen-bond donors (Lipinski definition) is 1. The van der Waals surface area contributed by atoms with Gasteiger partial charge in [-0.2, -0.15) is 0 Å². The van der Waals surface area contributed by atoms with Crippen molar-refractivity contribution in [3.8, 4) is 22.5 Å². The van der Waals surface area contributed by atoms with Gasteiger partial charge in [0.1, 0.15) is 5.69 Å². The molecule has 1 aromatic carbocycles. The Morgan fingerprint density at radius 3 is 2.67 bits per heavy atom. The van der Waals surface area contributed by atoms with Crippen LogP contribution in [0.5, 0.6) is 0 Å². The number of aryl methyl sites for hydroxylation is 1. The first-order chi connectivity index (χ1) is 13.0. The van der Waals surface area contributed by atoms with Crippen LogP contribution in [0.15, 0.2) is 53.3 Å². The van der Waals surface area contributed by atoms with Crippen LogP contribution in [-0.2, 0) is 17.7 Å². The van der Waals surface area contributed by atoms with Crippen molar-refractivity contribution in [3.05, 3.63) is 70.1 Å². The van der Waals surface area contributed by atoms with E-state index in [0.29, 0.717) is 17.8 Å². The van der Waals surface area contributed by atoms with Crippen molar-refractivity contribution in [1.29, 1.82) is 0 Å². The fourth-order valence-corrected chi connectivity index (χ4v) is 3.64. The number of esters is 1. The molecule has 0 spiro atoms. The highest BCUT2D eigenvalue weighted by molar-refractivity contribution is 5.89. The first-order valence-electron chi connectivity index (χ1n) is 9.27. The molecule has 0 fully saturated rings. The van der Waals surface area contributed by atoms with Gasteiger partial charge in [-0.15, -0.1) is 0 Å². The summed E-state index contributed by atoms with van der Waals surface area (Å²) in [7, 11) is 0. The Kier molecular flexibility index (Phi) is 4.44. The Bertz CT molecular complexity index is 1050. The number of aromatic amines is 1. The van der Waals surface area contributed by atoms with Gasteiger partial charge < -0.3 is 14.3 Å². The number of fused-ring (bicyclic) bond motifs is 3. The molecule has 0 unspecified atom stereocenters. The highest BCUT2D eigenvalue weighted by atomic mass is 16.5. The van der Waals surface area contributed by atoms with E-state index in [9.17, 15) is 9.59 Å². The van der Waals surface area contributed by atoms with Gasteiger partial charge in [-0.25, -0.2) is 4.79 Å². The Labute approximate surface area is 157 Å². The fourth-order valence-electron chi connectivity index (χ4n) is 3.64. The molecule has 0 saturated heterocycles. The number of nitrogens with zero attached hydrogens (tertiary/aromatic N) is 1. The average Bonchev–Trinajstić information content (AvgIpc) is 2.99. The minimum Gasteiger partial charge on any atom is -0.458 e.